The molecule has 1 N–H and O–H groups in total. The third kappa shape index (κ3) is 2.64. The molecular weight excluding hydrogens is 198 g/mol. The molecule has 1 aromatic rings. The van der Waals surface area contributed by atoms with Crippen molar-refractivity contribution in [1.29, 1.82) is 0 Å². The van der Waals surface area contributed by atoms with E-state index in [0.717, 1.165) is 12.8 Å². The summed E-state index contributed by atoms with van der Waals surface area (Å²) in [7, 11) is 2.06. The van der Waals surface area contributed by atoms with E-state index < -0.39 is 0 Å². The first kappa shape index (κ1) is 11.6. The van der Waals surface area contributed by atoms with E-state index in [1.165, 1.54) is 30.7 Å². The number of rotatable bonds is 3. The molecule has 2 atom stereocenters. The fourth-order valence-corrected chi connectivity index (χ4v) is 2.59. The molecule has 0 radical (unpaired) electrons. The highest BCUT2D eigenvalue weighted by Gasteiger charge is 2.19. The Kier molecular flexibility index (Phi) is 3.64. The molecule has 1 saturated heterocycles. The molecule has 90 valence electrons. The fourth-order valence-electron chi connectivity index (χ4n) is 2.59. The van der Waals surface area contributed by atoms with Crippen LogP contribution in [0.4, 0.5) is 0 Å². The fraction of sp³-hybridized carbons (Fsp3) is 0.769. The lowest BCUT2D eigenvalue weighted by molar-refractivity contribution is 0.330. The van der Waals surface area contributed by atoms with Crippen LogP contribution in [0.2, 0.25) is 0 Å². The summed E-state index contributed by atoms with van der Waals surface area (Å²) in [5.74, 6) is 0. The Morgan fingerprint density at radius 2 is 2.31 bits per heavy atom. The molecule has 1 aliphatic heterocycles. The maximum atomic E-state index is 4.50. The van der Waals surface area contributed by atoms with Crippen molar-refractivity contribution in [2.45, 2.75) is 58.0 Å². The summed E-state index contributed by atoms with van der Waals surface area (Å²) in [6.07, 6.45) is 6.13. The van der Waals surface area contributed by atoms with Gasteiger partial charge in [-0.05, 0) is 32.3 Å². The number of aryl methyl sites for hydroxylation is 2. The van der Waals surface area contributed by atoms with Crippen molar-refractivity contribution in [3.8, 4) is 0 Å². The van der Waals surface area contributed by atoms with E-state index in [9.17, 15) is 0 Å². The molecule has 1 fully saturated rings. The van der Waals surface area contributed by atoms with Crippen molar-refractivity contribution in [1.82, 2.24) is 15.1 Å². The molecule has 1 aliphatic rings. The van der Waals surface area contributed by atoms with Gasteiger partial charge >= 0.3 is 0 Å². The monoisotopic (exact) mass is 221 g/mol. The minimum absolute atomic E-state index is 0.642. The van der Waals surface area contributed by atoms with E-state index >= 15 is 0 Å². The molecule has 16 heavy (non-hydrogen) atoms. The molecule has 0 bridgehead atoms. The average molecular weight is 221 g/mol. The number of aromatic nitrogens is 2. The second-order valence-corrected chi connectivity index (χ2v) is 5.00. The Hall–Kier alpha value is -0.830. The molecule has 3 nitrogen and oxygen atoms in total. The first-order valence-corrected chi connectivity index (χ1v) is 6.47. The largest absolute Gasteiger partial charge is 0.311 e. The second kappa shape index (κ2) is 5.00. The van der Waals surface area contributed by atoms with Gasteiger partial charge in [-0.25, -0.2) is 0 Å². The normalized spacial score (nSPS) is 25.9. The van der Waals surface area contributed by atoms with E-state index in [-0.39, 0.29) is 0 Å². The average Bonchev–Trinajstić information content (AvgIpc) is 2.60. The van der Waals surface area contributed by atoms with E-state index in [4.69, 9.17) is 0 Å². The third-order valence-electron chi connectivity index (χ3n) is 3.56. The number of hydrogen-bond donors (Lipinski definition) is 1. The highest BCUT2D eigenvalue weighted by atomic mass is 15.3. The van der Waals surface area contributed by atoms with Gasteiger partial charge in [0.1, 0.15) is 0 Å². The van der Waals surface area contributed by atoms with Crippen LogP contribution < -0.4 is 5.32 Å². The summed E-state index contributed by atoms with van der Waals surface area (Å²) < 4.78 is 2.04. The van der Waals surface area contributed by atoms with Crippen molar-refractivity contribution < 1.29 is 0 Å². The SMILES string of the molecule is CCc1cc(CC2CCCC(C)N2)n(C)n1. The maximum Gasteiger partial charge on any atom is 0.0624 e. The number of nitrogens with one attached hydrogen (secondary N) is 1. The van der Waals surface area contributed by atoms with Crippen LogP contribution in [0.15, 0.2) is 6.07 Å². The van der Waals surface area contributed by atoms with Crippen LogP contribution in [0.1, 0.15) is 44.5 Å². The maximum absolute atomic E-state index is 4.50. The highest BCUT2D eigenvalue weighted by molar-refractivity contribution is 5.11. The topological polar surface area (TPSA) is 29.9 Å². The van der Waals surface area contributed by atoms with Crippen LogP contribution in [0.3, 0.4) is 0 Å². The number of hydrogen-bond acceptors (Lipinski definition) is 2. The van der Waals surface area contributed by atoms with Crippen LogP contribution >= 0.6 is 0 Å². The van der Waals surface area contributed by atoms with Crippen molar-refractivity contribution >= 4 is 0 Å². The summed E-state index contributed by atoms with van der Waals surface area (Å²) in [5, 5.41) is 8.18. The van der Waals surface area contributed by atoms with Gasteiger partial charge in [0.15, 0.2) is 0 Å². The Labute approximate surface area is 98.2 Å². The Morgan fingerprint density at radius 3 is 2.94 bits per heavy atom. The Morgan fingerprint density at radius 1 is 1.50 bits per heavy atom. The molecule has 1 aromatic heterocycles. The summed E-state index contributed by atoms with van der Waals surface area (Å²) >= 11 is 0. The van der Waals surface area contributed by atoms with E-state index in [2.05, 4.69) is 37.4 Å². The quantitative estimate of drug-likeness (QED) is 0.846. The van der Waals surface area contributed by atoms with Crippen LogP contribution in [-0.4, -0.2) is 21.9 Å². The minimum Gasteiger partial charge on any atom is -0.311 e. The second-order valence-electron chi connectivity index (χ2n) is 5.00. The van der Waals surface area contributed by atoms with Crippen LogP contribution in [0.25, 0.3) is 0 Å². The summed E-state index contributed by atoms with van der Waals surface area (Å²) in [4.78, 5) is 0. The molecule has 0 saturated carbocycles. The van der Waals surface area contributed by atoms with Crippen molar-refractivity contribution in [2.24, 2.45) is 7.05 Å². The Balaban J connectivity index is 1.99. The molecule has 0 aliphatic carbocycles. The van der Waals surface area contributed by atoms with E-state index in [1.54, 1.807) is 0 Å². The van der Waals surface area contributed by atoms with Gasteiger partial charge in [0.25, 0.3) is 0 Å². The third-order valence-corrected chi connectivity index (χ3v) is 3.56. The zero-order valence-corrected chi connectivity index (χ0v) is 10.7. The lowest BCUT2D eigenvalue weighted by Gasteiger charge is -2.28. The van der Waals surface area contributed by atoms with Crippen molar-refractivity contribution in [3.05, 3.63) is 17.5 Å². The minimum atomic E-state index is 0.642. The van der Waals surface area contributed by atoms with Gasteiger partial charge in [0, 0.05) is 31.2 Å². The standard InChI is InChI=1S/C13H23N3/c1-4-11-8-13(16(3)15-11)9-12-7-5-6-10(2)14-12/h8,10,12,14H,4-7,9H2,1-3H3. The predicted molar refractivity (Wildman–Crippen MR) is 66.5 cm³/mol. The van der Waals surface area contributed by atoms with Gasteiger partial charge in [0.05, 0.1) is 5.69 Å². The smallest absolute Gasteiger partial charge is 0.0624 e. The molecule has 2 heterocycles. The predicted octanol–water partition coefficient (Wildman–Crippen LogP) is 2.06. The lowest BCUT2D eigenvalue weighted by Crippen LogP contribution is -2.41. The molecule has 0 aromatic carbocycles. The van der Waals surface area contributed by atoms with Crippen LogP contribution in [0, 0.1) is 0 Å². The van der Waals surface area contributed by atoms with Gasteiger partial charge in [0.2, 0.25) is 0 Å². The van der Waals surface area contributed by atoms with Gasteiger partial charge in [-0.3, -0.25) is 4.68 Å². The highest BCUT2D eigenvalue weighted by Crippen LogP contribution is 2.16. The number of piperidine rings is 1. The molecule has 3 heteroatoms. The van der Waals surface area contributed by atoms with E-state index in [0.29, 0.717) is 12.1 Å². The van der Waals surface area contributed by atoms with E-state index in [1.807, 2.05) is 4.68 Å². The first-order valence-electron chi connectivity index (χ1n) is 6.47. The van der Waals surface area contributed by atoms with Crippen LogP contribution in [0.5, 0.6) is 0 Å². The summed E-state index contributed by atoms with van der Waals surface area (Å²) in [6, 6.07) is 3.57. The van der Waals surface area contributed by atoms with Gasteiger partial charge in [-0.2, -0.15) is 5.10 Å². The number of nitrogens with zero attached hydrogens (tertiary/aromatic N) is 2. The zero-order chi connectivity index (χ0) is 11.5. The molecular formula is C13H23N3. The van der Waals surface area contributed by atoms with Crippen molar-refractivity contribution in [3.63, 3.8) is 0 Å². The molecule has 0 amide bonds. The van der Waals surface area contributed by atoms with Crippen LogP contribution in [-0.2, 0) is 19.9 Å². The molecule has 2 unspecified atom stereocenters. The van der Waals surface area contributed by atoms with Gasteiger partial charge in [-0.15, -0.1) is 0 Å². The Bertz CT molecular complexity index is 343. The first-order chi connectivity index (χ1) is 7.69. The van der Waals surface area contributed by atoms with Crippen molar-refractivity contribution in [2.75, 3.05) is 0 Å². The lowest BCUT2D eigenvalue weighted by atomic mass is 9.96. The summed E-state index contributed by atoms with van der Waals surface area (Å²) in [6.45, 7) is 4.44. The summed E-state index contributed by atoms with van der Waals surface area (Å²) in [5.41, 5.74) is 2.57. The molecule has 0 spiro atoms. The van der Waals surface area contributed by atoms with Gasteiger partial charge in [-0.1, -0.05) is 13.3 Å². The molecule has 2 rings (SSSR count). The zero-order valence-electron chi connectivity index (χ0n) is 10.7. The van der Waals surface area contributed by atoms with Gasteiger partial charge < -0.3 is 5.32 Å².